The number of hydrogen-bond donors (Lipinski definition) is 2. The number of carbonyl (C=O) groups is 1. The molecule has 22 heavy (non-hydrogen) atoms. The summed E-state index contributed by atoms with van der Waals surface area (Å²) in [5, 5.41) is 19.6. The van der Waals surface area contributed by atoms with Gasteiger partial charge in [-0.3, -0.25) is 4.79 Å². The predicted octanol–water partition coefficient (Wildman–Crippen LogP) is 6.12. The molecular weight excluding hydrogens is 323 g/mol. The molecule has 0 spiro atoms. The fraction of sp³-hybridized carbons (Fsp3) is 0.588. The highest BCUT2D eigenvalue weighted by molar-refractivity contribution is 6.37. The summed E-state index contributed by atoms with van der Waals surface area (Å²) in [6.07, 6.45) is 9.30. The van der Waals surface area contributed by atoms with Crippen molar-refractivity contribution in [3.63, 3.8) is 0 Å². The van der Waals surface area contributed by atoms with E-state index in [1.54, 1.807) is 0 Å². The Kier molecular flexibility index (Phi) is 8.66. The summed E-state index contributed by atoms with van der Waals surface area (Å²) in [6.45, 7) is 2.19. The van der Waals surface area contributed by atoms with Gasteiger partial charge in [-0.1, -0.05) is 75.1 Å². The molecule has 0 fully saturated rings. The number of phenolic OH excluding ortho intramolecular Hbond substituents is 2. The van der Waals surface area contributed by atoms with Crippen molar-refractivity contribution >= 4 is 29.0 Å². The first-order valence-electron chi connectivity index (χ1n) is 7.92. The molecule has 2 N–H and O–H groups in total. The SMILES string of the molecule is CCCCCCCCCCC(=O)c1c(O)c(Cl)cc(Cl)c1O. The molecule has 0 unspecified atom stereocenters. The van der Waals surface area contributed by atoms with Crippen molar-refractivity contribution in [2.45, 2.75) is 64.7 Å². The van der Waals surface area contributed by atoms with E-state index in [1.165, 1.54) is 38.2 Å². The molecule has 0 aliphatic heterocycles. The molecule has 3 nitrogen and oxygen atoms in total. The molecule has 0 aliphatic carbocycles. The van der Waals surface area contributed by atoms with E-state index >= 15 is 0 Å². The summed E-state index contributed by atoms with van der Waals surface area (Å²) in [5.41, 5.74) is -0.166. The number of benzene rings is 1. The molecule has 1 aromatic rings. The lowest BCUT2D eigenvalue weighted by atomic mass is 10.0. The Morgan fingerprint density at radius 1 is 0.909 bits per heavy atom. The van der Waals surface area contributed by atoms with Crippen molar-refractivity contribution in [3.05, 3.63) is 21.7 Å². The second kappa shape index (κ2) is 9.96. The second-order valence-corrected chi connectivity index (χ2v) is 6.37. The fourth-order valence-electron chi connectivity index (χ4n) is 2.41. The van der Waals surface area contributed by atoms with Gasteiger partial charge in [-0.25, -0.2) is 0 Å². The van der Waals surface area contributed by atoms with Crippen LogP contribution in [0.1, 0.15) is 75.1 Å². The van der Waals surface area contributed by atoms with E-state index in [0.717, 1.165) is 19.3 Å². The van der Waals surface area contributed by atoms with E-state index in [9.17, 15) is 15.0 Å². The second-order valence-electron chi connectivity index (χ2n) is 5.56. The Hall–Kier alpha value is -0.930. The molecule has 0 radical (unpaired) electrons. The summed E-state index contributed by atoms with van der Waals surface area (Å²) in [7, 11) is 0. The molecule has 1 rings (SSSR count). The van der Waals surface area contributed by atoms with E-state index in [-0.39, 0.29) is 27.8 Å². The van der Waals surface area contributed by atoms with Gasteiger partial charge in [0.05, 0.1) is 10.0 Å². The average molecular weight is 347 g/mol. The molecule has 124 valence electrons. The summed E-state index contributed by atoms with van der Waals surface area (Å²) in [5.74, 6) is -1.12. The van der Waals surface area contributed by atoms with Gasteiger partial charge in [-0.15, -0.1) is 0 Å². The van der Waals surface area contributed by atoms with Crippen molar-refractivity contribution in [1.29, 1.82) is 0 Å². The molecule has 0 amide bonds. The van der Waals surface area contributed by atoms with Crippen LogP contribution in [0, 0.1) is 0 Å². The minimum absolute atomic E-state index is 0.0259. The third-order valence-electron chi connectivity index (χ3n) is 3.72. The third kappa shape index (κ3) is 5.69. The van der Waals surface area contributed by atoms with Crippen LogP contribution >= 0.6 is 23.2 Å². The smallest absolute Gasteiger partial charge is 0.170 e. The molecule has 0 heterocycles. The zero-order valence-corrected chi connectivity index (χ0v) is 14.5. The highest BCUT2D eigenvalue weighted by atomic mass is 35.5. The van der Waals surface area contributed by atoms with Crippen molar-refractivity contribution in [2.24, 2.45) is 0 Å². The molecule has 0 bridgehead atoms. The van der Waals surface area contributed by atoms with Crippen molar-refractivity contribution in [2.75, 3.05) is 0 Å². The van der Waals surface area contributed by atoms with Crippen LogP contribution in [0.3, 0.4) is 0 Å². The number of phenols is 2. The summed E-state index contributed by atoms with van der Waals surface area (Å²) in [6, 6.07) is 1.22. The van der Waals surface area contributed by atoms with Gasteiger partial charge in [0.2, 0.25) is 0 Å². The monoisotopic (exact) mass is 346 g/mol. The van der Waals surface area contributed by atoms with Crippen molar-refractivity contribution < 1.29 is 15.0 Å². The molecular formula is C17H24Cl2O3. The van der Waals surface area contributed by atoms with Gasteiger partial charge in [0, 0.05) is 6.42 Å². The first kappa shape index (κ1) is 19.1. The van der Waals surface area contributed by atoms with Gasteiger partial charge in [0.1, 0.15) is 17.1 Å². The Morgan fingerprint density at radius 3 is 1.86 bits per heavy atom. The maximum atomic E-state index is 12.1. The molecule has 0 aliphatic rings. The van der Waals surface area contributed by atoms with E-state index < -0.39 is 11.5 Å². The number of hydrogen-bond acceptors (Lipinski definition) is 3. The number of carbonyl (C=O) groups excluding carboxylic acids is 1. The Balaban J connectivity index is 2.41. The van der Waals surface area contributed by atoms with Gasteiger partial charge in [-0.2, -0.15) is 0 Å². The first-order chi connectivity index (χ1) is 10.5. The lowest BCUT2D eigenvalue weighted by Gasteiger charge is -2.09. The van der Waals surface area contributed by atoms with Gasteiger partial charge < -0.3 is 10.2 Å². The van der Waals surface area contributed by atoms with Gasteiger partial charge >= 0.3 is 0 Å². The molecule has 1 aromatic carbocycles. The number of aromatic hydroxyl groups is 2. The number of rotatable bonds is 10. The van der Waals surface area contributed by atoms with Crippen LogP contribution < -0.4 is 0 Å². The van der Waals surface area contributed by atoms with E-state index in [1.807, 2.05) is 0 Å². The maximum absolute atomic E-state index is 12.1. The zero-order valence-electron chi connectivity index (χ0n) is 13.0. The summed E-state index contributed by atoms with van der Waals surface area (Å²) < 4.78 is 0. The highest BCUT2D eigenvalue weighted by Crippen LogP contribution is 2.40. The van der Waals surface area contributed by atoms with Crippen LogP contribution in [-0.4, -0.2) is 16.0 Å². The number of halogens is 2. The predicted molar refractivity (Wildman–Crippen MR) is 91.3 cm³/mol. The lowest BCUT2D eigenvalue weighted by molar-refractivity contribution is 0.0973. The minimum Gasteiger partial charge on any atom is -0.505 e. The van der Waals surface area contributed by atoms with Crippen LogP contribution in [0.5, 0.6) is 11.5 Å². The van der Waals surface area contributed by atoms with Crippen molar-refractivity contribution in [1.82, 2.24) is 0 Å². The Bertz CT molecular complexity index is 475. The Morgan fingerprint density at radius 2 is 1.36 bits per heavy atom. The van der Waals surface area contributed by atoms with Crippen LogP contribution in [0.15, 0.2) is 6.07 Å². The van der Waals surface area contributed by atoms with Crippen LogP contribution in [-0.2, 0) is 0 Å². The molecule has 5 heteroatoms. The zero-order chi connectivity index (χ0) is 16.5. The van der Waals surface area contributed by atoms with Gasteiger partial charge in [0.25, 0.3) is 0 Å². The highest BCUT2D eigenvalue weighted by Gasteiger charge is 2.21. The minimum atomic E-state index is -0.395. The molecule has 0 saturated carbocycles. The summed E-state index contributed by atoms with van der Waals surface area (Å²) >= 11 is 11.6. The third-order valence-corrected chi connectivity index (χ3v) is 4.29. The fourth-order valence-corrected chi connectivity index (χ4v) is 2.87. The van der Waals surface area contributed by atoms with Gasteiger partial charge in [0.15, 0.2) is 5.78 Å². The quantitative estimate of drug-likeness (QED) is 0.396. The van der Waals surface area contributed by atoms with Crippen LogP contribution in [0.25, 0.3) is 0 Å². The topological polar surface area (TPSA) is 57.5 Å². The van der Waals surface area contributed by atoms with Crippen LogP contribution in [0.2, 0.25) is 10.0 Å². The largest absolute Gasteiger partial charge is 0.505 e. The Labute approximate surface area is 142 Å². The molecule has 0 saturated heterocycles. The van der Waals surface area contributed by atoms with Crippen LogP contribution in [0.4, 0.5) is 0 Å². The summed E-state index contributed by atoms with van der Waals surface area (Å²) in [4.78, 5) is 12.1. The number of Topliss-reactive ketones (excluding diaryl/α,β-unsaturated/α-hetero) is 1. The first-order valence-corrected chi connectivity index (χ1v) is 8.67. The van der Waals surface area contributed by atoms with E-state index in [0.29, 0.717) is 0 Å². The van der Waals surface area contributed by atoms with E-state index in [4.69, 9.17) is 23.2 Å². The van der Waals surface area contributed by atoms with Crippen molar-refractivity contribution in [3.8, 4) is 11.5 Å². The standard InChI is InChI=1S/C17H24Cl2O3/c1-2-3-4-5-6-7-8-9-10-14(20)15-16(21)12(18)11-13(19)17(15)22/h11,21-22H,2-10H2,1H3. The number of unbranched alkanes of at least 4 members (excludes halogenated alkanes) is 7. The lowest BCUT2D eigenvalue weighted by Crippen LogP contribution is -2.01. The number of ketones is 1. The van der Waals surface area contributed by atoms with E-state index in [2.05, 4.69) is 6.92 Å². The maximum Gasteiger partial charge on any atom is 0.170 e. The molecule has 0 aromatic heterocycles. The van der Waals surface area contributed by atoms with Gasteiger partial charge in [-0.05, 0) is 12.5 Å². The normalized spacial score (nSPS) is 10.9. The average Bonchev–Trinajstić information content (AvgIpc) is 2.48. The molecule has 0 atom stereocenters.